The summed E-state index contributed by atoms with van der Waals surface area (Å²) in [6.07, 6.45) is 3.32. The van der Waals surface area contributed by atoms with Crippen LogP contribution in [0.15, 0.2) is 0 Å². The maximum absolute atomic E-state index is 6.11. The summed E-state index contributed by atoms with van der Waals surface area (Å²) in [6.45, 7) is 5.37. The molecule has 1 aliphatic heterocycles. The highest BCUT2D eigenvalue weighted by atomic mass is 28.4. The summed E-state index contributed by atoms with van der Waals surface area (Å²) in [5.41, 5.74) is 0. The lowest BCUT2D eigenvalue weighted by molar-refractivity contribution is -0.0388. The van der Waals surface area contributed by atoms with Crippen LogP contribution in [-0.2, 0) is 18.0 Å². The lowest BCUT2D eigenvalue weighted by Gasteiger charge is -2.47. The molecule has 1 heterocycles. The lowest BCUT2D eigenvalue weighted by atomic mass is 10.2. The minimum Gasteiger partial charge on any atom is -0.375 e. The van der Waals surface area contributed by atoms with Crippen molar-refractivity contribution in [2.24, 2.45) is 0 Å². The van der Waals surface area contributed by atoms with E-state index in [2.05, 4.69) is 13.1 Å². The van der Waals surface area contributed by atoms with Gasteiger partial charge in [-0.05, 0) is 19.3 Å². The Morgan fingerprint density at radius 1 is 1.06 bits per heavy atom. The Morgan fingerprint density at radius 2 is 1.62 bits per heavy atom. The fourth-order valence-electron chi connectivity index (χ4n) is 2.63. The fourth-order valence-corrected chi connectivity index (χ4v) is 10.1. The summed E-state index contributed by atoms with van der Waals surface area (Å²) in [7, 11) is 1.24. The van der Waals surface area contributed by atoms with Gasteiger partial charge in [-0.1, -0.05) is 13.1 Å². The predicted molar refractivity (Wildman–Crippen MR) is 68.2 cm³/mol. The highest BCUT2D eigenvalue weighted by molar-refractivity contribution is 6.82. The van der Waals surface area contributed by atoms with Gasteiger partial charge in [0, 0.05) is 27.9 Å². The molecule has 96 valence electrons. The Kier molecular flexibility index (Phi) is 5.15. The second-order valence-corrected chi connectivity index (χ2v) is 11.5. The Bertz CT molecular complexity index is 205. The zero-order valence-electron chi connectivity index (χ0n) is 11.0. The first-order chi connectivity index (χ1) is 7.58. The van der Waals surface area contributed by atoms with Crippen LogP contribution in [0.4, 0.5) is 0 Å². The normalized spacial score (nSPS) is 27.4. The van der Waals surface area contributed by atoms with Crippen molar-refractivity contribution in [3.8, 4) is 0 Å². The summed E-state index contributed by atoms with van der Waals surface area (Å²) in [5, 5.41) is 0. The maximum Gasteiger partial charge on any atom is 0.530 e. The minimum absolute atomic E-state index is 0.247. The molecule has 0 aliphatic carbocycles. The van der Waals surface area contributed by atoms with E-state index in [9.17, 15) is 0 Å². The molecule has 0 spiro atoms. The van der Waals surface area contributed by atoms with Gasteiger partial charge in [-0.2, -0.15) is 0 Å². The molecule has 1 unspecified atom stereocenters. The third kappa shape index (κ3) is 2.14. The maximum atomic E-state index is 6.11. The van der Waals surface area contributed by atoms with Gasteiger partial charge in [0.15, 0.2) is 0 Å². The van der Waals surface area contributed by atoms with Crippen LogP contribution < -0.4 is 0 Å². The second kappa shape index (κ2) is 5.74. The first-order valence-corrected chi connectivity index (χ1v) is 10.5. The molecule has 1 aliphatic rings. The van der Waals surface area contributed by atoms with E-state index in [1.54, 1.807) is 21.3 Å². The zero-order valence-corrected chi connectivity index (χ0v) is 13.2. The predicted octanol–water partition coefficient (Wildman–Crippen LogP) is 1.37. The van der Waals surface area contributed by atoms with E-state index in [4.69, 9.17) is 18.0 Å². The summed E-state index contributed by atoms with van der Waals surface area (Å²) < 4.78 is 23.0. The van der Waals surface area contributed by atoms with Gasteiger partial charge in [0.05, 0.1) is 8.80 Å². The largest absolute Gasteiger partial charge is 0.530 e. The smallest absolute Gasteiger partial charge is 0.375 e. The topological polar surface area (TPSA) is 36.9 Å². The van der Waals surface area contributed by atoms with Crippen molar-refractivity contribution >= 4 is 17.6 Å². The Labute approximate surface area is 101 Å². The van der Waals surface area contributed by atoms with E-state index in [-0.39, 0.29) is 4.85 Å². The van der Waals surface area contributed by atoms with Gasteiger partial charge < -0.3 is 18.0 Å². The van der Waals surface area contributed by atoms with Crippen LogP contribution in [0.5, 0.6) is 0 Å². The molecular weight excluding hydrogens is 240 g/mol. The first kappa shape index (κ1) is 14.3. The highest BCUT2D eigenvalue weighted by Gasteiger charge is 2.63. The summed E-state index contributed by atoms with van der Waals surface area (Å²) in [5.74, 6) is 0. The van der Waals surface area contributed by atoms with Crippen LogP contribution in [0.1, 0.15) is 19.3 Å². The third-order valence-corrected chi connectivity index (χ3v) is 11.7. The standard InChI is InChI=1S/C10H24O4Si2/c1-11-16(12-2,13-3)10(15(4)5)8-6-7-9-14-10/h15H,6-9H2,1-5H3. The fraction of sp³-hybridized carbons (Fsp3) is 1.00. The number of rotatable bonds is 5. The van der Waals surface area contributed by atoms with Crippen molar-refractivity contribution in [2.75, 3.05) is 27.9 Å². The number of hydrogen-bond donors (Lipinski definition) is 0. The van der Waals surface area contributed by atoms with Gasteiger partial charge in [-0.3, -0.25) is 0 Å². The van der Waals surface area contributed by atoms with Crippen LogP contribution >= 0.6 is 0 Å². The van der Waals surface area contributed by atoms with Gasteiger partial charge in [0.1, 0.15) is 4.85 Å². The van der Waals surface area contributed by atoms with Gasteiger partial charge >= 0.3 is 8.80 Å². The van der Waals surface area contributed by atoms with Crippen molar-refractivity contribution < 1.29 is 18.0 Å². The molecule has 1 fully saturated rings. The Morgan fingerprint density at radius 3 is 1.94 bits per heavy atom. The summed E-state index contributed by atoms with van der Waals surface area (Å²) in [6, 6.07) is 0. The zero-order chi connectivity index (χ0) is 12.2. The molecule has 1 rings (SSSR count). The van der Waals surface area contributed by atoms with E-state index in [1.165, 1.54) is 6.42 Å². The lowest BCUT2D eigenvalue weighted by Crippen LogP contribution is -2.71. The van der Waals surface area contributed by atoms with Crippen molar-refractivity contribution in [3.05, 3.63) is 0 Å². The van der Waals surface area contributed by atoms with Gasteiger partial charge in [0.2, 0.25) is 0 Å². The van der Waals surface area contributed by atoms with Crippen LogP contribution in [-0.4, -0.2) is 50.4 Å². The van der Waals surface area contributed by atoms with Gasteiger partial charge in [-0.15, -0.1) is 0 Å². The Balaban J connectivity index is 3.06. The van der Waals surface area contributed by atoms with Crippen LogP contribution in [0.2, 0.25) is 13.1 Å². The quantitative estimate of drug-likeness (QED) is 0.703. The van der Waals surface area contributed by atoms with Crippen molar-refractivity contribution in [1.29, 1.82) is 0 Å². The molecule has 0 N–H and O–H groups in total. The molecule has 0 radical (unpaired) electrons. The molecule has 4 nitrogen and oxygen atoms in total. The Hall–Kier alpha value is 0.274. The molecule has 1 saturated heterocycles. The van der Waals surface area contributed by atoms with Crippen molar-refractivity contribution in [1.82, 2.24) is 0 Å². The molecule has 0 amide bonds. The molecule has 1 atom stereocenters. The summed E-state index contributed by atoms with van der Waals surface area (Å²) in [4.78, 5) is -0.247. The molecule has 0 bridgehead atoms. The average molecular weight is 264 g/mol. The highest BCUT2D eigenvalue weighted by Crippen LogP contribution is 2.37. The first-order valence-electron chi connectivity index (χ1n) is 5.88. The van der Waals surface area contributed by atoms with Gasteiger partial charge in [0.25, 0.3) is 0 Å². The second-order valence-electron chi connectivity index (χ2n) is 4.52. The van der Waals surface area contributed by atoms with E-state index in [0.29, 0.717) is 0 Å². The van der Waals surface area contributed by atoms with Crippen LogP contribution in [0.3, 0.4) is 0 Å². The van der Waals surface area contributed by atoms with E-state index >= 15 is 0 Å². The molecular formula is C10H24O4Si2. The molecule has 0 saturated carbocycles. The van der Waals surface area contributed by atoms with Crippen LogP contribution in [0, 0.1) is 0 Å². The number of hydrogen-bond acceptors (Lipinski definition) is 4. The van der Waals surface area contributed by atoms with Crippen LogP contribution in [0.25, 0.3) is 0 Å². The average Bonchev–Trinajstić information content (AvgIpc) is 2.33. The van der Waals surface area contributed by atoms with Crippen molar-refractivity contribution in [3.63, 3.8) is 0 Å². The molecule has 0 aromatic carbocycles. The summed E-state index contributed by atoms with van der Waals surface area (Å²) >= 11 is 0. The van der Waals surface area contributed by atoms with E-state index in [1.807, 2.05) is 0 Å². The SMILES string of the molecule is CO[Si](OC)(OC)C1([SiH](C)C)CCCCO1. The molecule has 0 aromatic heterocycles. The third-order valence-electron chi connectivity index (χ3n) is 3.56. The van der Waals surface area contributed by atoms with E-state index < -0.39 is 17.6 Å². The van der Waals surface area contributed by atoms with E-state index in [0.717, 1.165) is 19.4 Å². The van der Waals surface area contributed by atoms with Gasteiger partial charge in [-0.25, -0.2) is 0 Å². The number of ether oxygens (including phenoxy) is 1. The van der Waals surface area contributed by atoms with Crippen molar-refractivity contribution in [2.45, 2.75) is 37.2 Å². The molecule has 0 aromatic rings. The monoisotopic (exact) mass is 264 g/mol. The molecule has 16 heavy (non-hydrogen) atoms. The molecule has 6 heteroatoms. The minimum atomic E-state index is -2.69.